The van der Waals surface area contributed by atoms with E-state index in [1.54, 1.807) is 6.92 Å². The highest BCUT2D eigenvalue weighted by atomic mass is 19.1. The van der Waals surface area contributed by atoms with Crippen LogP contribution in [0, 0.1) is 11.6 Å². The Morgan fingerprint density at radius 3 is 2.93 bits per heavy atom. The van der Waals surface area contributed by atoms with Gasteiger partial charge in [-0.15, -0.1) is 0 Å². The van der Waals surface area contributed by atoms with E-state index in [1.807, 2.05) is 11.1 Å². The molecule has 0 spiro atoms. The number of hydrogen-bond donors (Lipinski definition) is 3. The summed E-state index contributed by atoms with van der Waals surface area (Å²) in [6.45, 7) is 4.22. The van der Waals surface area contributed by atoms with Gasteiger partial charge in [0.05, 0.1) is 17.8 Å². The van der Waals surface area contributed by atoms with Crippen LogP contribution in [0.5, 0.6) is 0 Å². The predicted molar refractivity (Wildman–Crippen MR) is 96.6 cm³/mol. The third kappa shape index (κ3) is 3.62. The van der Waals surface area contributed by atoms with Crippen LogP contribution in [0.1, 0.15) is 36.2 Å². The second-order valence-electron chi connectivity index (χ2n) is 7.73. The Kier molecular flexibility index (Phi) is 4.98. The first-order chi connectivity index (χ1) is 12.9. The van der Waals surface area contributed by atoms with Gasteiger partial charge in [-0.2, -0.15) is 5.10 Å². The van der Waals surface area contributed by atoms with E-state index in [0.717, 1.165) is 30.9 Å². The number of nitrogens with one attached hydrogen (secondary N) is 1. The van der Waals surface area contributed by atoms with Crippen LogP contribution in [0.25, 0.3) is 0 Å². The molecule has 146 valence electrons. The lowest BCUT2D eigenvalue weighted by molar-refractivity contribution is 0.0150. The second-order valence-corrected chi connectivity index (χ2v) is 7.73. The van der Waals surface area contributed by atoms with Crippen LogP contribution >= 0.6 is 0 Å². The zero-order valence-electron chi connectivity index (χ0n) is 15.3. The van der Waals surface area contributed by atoms with Crippen LogP contribution in [0.4, 0.5) is 8.78 Å². The number of benzene rings is 1. The van der Waals surface area contributed by atoms with E-state index in [1.165, 1.54) is 11.6 Å². The zero-order chi connectivity index (χ0) is 19.1. The zero-order valence-corrected chi connectivity index (χ0v) is 15.3. The standard InChI is InChI=1S/C19H25F2N5O/c1-11(27)7-26-9-14(25-8-12-6-23-24-18(12)10-25)5-17(22)19(26)15-4-13(20)2-3-16(15)21/h2-4,6,11,14,17,19,27H,5,7-10,22H2,1H3,(H,23,24)/t11-,14+,17-,19?/m0/s1. The number of nitrogens with two attached hydrogens (primary N) is 1. The van der Waals surface area contributed by atoms with Gasteiger partial charge in [-0.25, -0.2) is 8.78 Å². The van der Waals surface area contributed by atoms with Gasteiger partial charge in [-0.3, -0.25) is 14.9 Å². The molecule has 2 aliphatic rings. The SMILES string of the molecule is C[C@H](O)CN1C[C@H](N2Cc3c[nH]nc3C2)C[C@H](N)C1c1cc(F)ccc1F. The number of piperidine rings is 1. The van der Waals surface area contributed by atoms with Gasteiger partial charge in [0.25, 0.3) is 0 Å². The van der Waals surface area contributed by atoms with E-state index in [9.17, 15) is 13.9 Å². The highest BCUT2D eigenvalue weighted by molar-refractivity contribution is 5.26. The van der Waals surface area contributed by atoms with Crippen LogP contribution in [0.15, 0.2) is 24.4 Å². The number of fused-ring (bicyclic) bond motifs is 1. The van der Waals surface area contributed by atoms with E-state index in [2.05, 4.69) is 15.1 Å². The lowest BCUT2D eigenvalue weighted by atomic mass is 9.87. The van der Waals surface area contributed by atoms with Gasteiger partial charge in [0, 0.05) is 55.6 Å². The Morgan fingerprint density at radius 2 is 2.19 bits per heavy atom. The van der Waals surface area contributed by atoms with Crippen LogP contribution in [0.3, 0.4) is 0 Å². The first kappa shape index (κ1) is 18.5. The molecule has 8 heteroatoms. The number of halogens is 2. The van der Waals surface area contributed by atoms with Crippen molar-refractivity contribution in [3.05, 3.63) is 52.9 Å². The van der Waals surface area contributed by atoms with E-state index in [4.69, 9.17) is 5.73 Å². The first-order valence-corrected chi connectivity index (χ1v) is 9.30. The maximum atomic E-state index is 14.4. The van der Waals surface area contributed by atoms with Crippen molar-refractivity contribution in [3.8, 4) is 0 Å². The van der Waals surface area contributed by atoms with Gasteiger partial charge < -0.3 is 10.8 Å². The van der Waals surface area contributed by atoms with Crippen molar-refractivity contribution >= 4 is 0 Å². The van der Waals surface area contributed by atoms with Crippen molar-refractivity contribution in [1.82, 2.24) is 20.0 Å². The number of aliphatic hydroxyl groups is 1. The minimum absolute atomic E-state index is 0.167. The number of aromatic nitrogens is 2. The molecule has 4 rings (SSSR count). The smallest absolute Gasteiger partial charge is 0.128 e. The molecule has 3 heterocycles. The molecule has 4 atom stereocenters. The Hall–Kier alpha value is -1.87. The number of rotatable bonds is 4. The van der Waals surface area contributed by atoms with Crippen LogP contribution in [-0.2, 0) is 13.1 Å². The number of likely N-dealkylation sites (tertiary alicyclic amines) is 1. The quantitative estimate of drug-likeness (QED) is 0.753. The molecule has 4 N–H and O–H groups in total. The lowest BCUT2D eigenvalue weighted by Gasteiger charge is -2.46. The van der Waals surface area contributed by atoms with Crippen LogP contribution in [-0.4, -0.2) is 56.4 Å². The summed E-state index contributed by atoms with van der Waals surface area (Å²) in [5.41, 5.74) is 8.96. The van der Waals surface area contributed by atoms with Crippen molar-refractivity contribution in [3.63, 3.8) is 0 Å². The third-order valence-corrected chi connectivity index (χ3v) is 5.62. The molecule has 0 amide bonds. The molecule has 1 unspecified atom stereocenters. The molecule has 0 bridgehead atoms. The van der Waals surface area contributed by atoms with E-state index in [-0.39, 0.29) is 17.6 Å². The number of aromatic amines is 1. The number of nitrogens with zero attached hydrogens (tertiary/aromatic N) is 3. The summed E-state index contributed by atoms with van der Waals surface area (Å²) < 4.78 is 28.2. The lowest BCUT2D eigenvalue weighted by Crippen LogP contribution is -2.56. The van der Waals surface area contributed by atoms with Crippen LogP contribution in [0.2, 0.25) is 0 Å². The van der Waals surface area contributed by atoms with Gasteiger partial charge in [-0.1, -0.05) is 0 Å². The van der Waals surface area contributed by atoms with E-state index in [0.29, 0.717) is 19.5 Å². The molecular formula is C19H25F2N5O. The topological polar surface area (TPSA) is 81.4 Å². The fourth-order valence-corrected chi connectivity index (χ4v) is 4.48. The fraction of sp³-hybridized carbons (Fsp3) is 0.526. The molecular weight excluding hydrogens is 352 g/mol. The van der Waals surface area contributed by atoms with Crippen molar-refractivity contribution in [2.24, 2.45) is 5.73 Å². The summed E-state index contributed by atoms with van der Waals surface area (Å²) in [5, 5.41) is 17.1. The highest BCUT2D eigenvalue weighted by Gasteiger charge is 2.40. The summed E-state index contributed by atoms with van der Waals surface area (Å²) in [6.07, 6.45) is 1.99. The maximum absolute atomic E-state index is 14.4. The average molecular weight is 377 g/mol. The van der Waals surface area contributed by atoms with Crippen molar-refractivity contribution in [2.75, 3.05) is 13.1 Å². The van der Waals surface area contributed by atoms with Crippen molar-refractivity contribution < 1.29 is 13.9 Å². The van der Waals surface area contributed by atoms with E-state index >= 15 is 0 Å². The predicted octanol–water partition coefficient (Wildman–Crippen LogP) is 1.53. The molecule has 2 aromatic rings. The van der Waals surface area contributed by atoms with Gasteiger partial charge >= 0.3 is 0 Å². The summed E-state index contributed by atoms with van der Waals surface area (Å²) in [5.74, 6) is -0.949. The minimum atomic E-state index is -0.593. The monoisotopic (exact) mass is 377 g/mol. The average Bonchev–Trinajstić information content (AvgIpc) is 3.18. The second kappa shape index (κ2) is 7.27. The molecule has 0 saturated carbocycles. The summed E-state index contributed by atoms with van der Waals surface area (Å²) >= 11 is 0. The fourth-order valence-electron chi connectivity index (χ4n) is 4.48. The Labute approximate surface area is 157 Å². The Bertz CT molecular complexity index is 791. The molecule has 6 nitrogen and oxygen atoms in total. The highest BCUT2D eigenvalue weighted by Crippen LogP contribution is 2.36. The molecule has 1 fully saturated rings. The van der Waals surface area contributed by atoms with Crippen molar-refractivity contribution in [2.45, 2.75) is 50.7 Å². The molecule has 0 aliphatic carbocycles. The van der Waals surface area contributed by atoms with Crippen LogP contribution < -0.4 is 5.73 Å². The number of hydrogen-bond acceptors (Lipinski definition) is 5. The van der Waals surface area contributed by atoms with Gasteiger partial charge in [0.2, 0.25) is 0 Å². The Morgan fingerprint density at radius 1 is 1.37 bits per heavy atom. The third-order valence-electron chi connectivity index (χ3n) is 5.62. The van der Waals surface area contributed by atoms with Gasteiger partial charge in [-0.05, 0) is 31.5 Å². The summed E-state index contributed by atoms with van der Waals surface area (Å²) in [7, 11) is 0. The number of H-pyrrole nitrogens is 1. The van der Waals surface area contributed by atoms with E-state index < -0.39 is 23.8 Å². The molecule has 2 aliphatic heterocycles. The maximum Gasteiger partial charge on any atom is 0.128 e. The van der Waals surface area contributed by atoms with Gasteiger partial charge in [0.1, 0.15) is 11.6 Å². The molecule has 27 heavy (non-hydrogen) atoms. The minimum Gasteiger partial charge on any atom is -0.392 e. The summed E-state index contributed by atoms with van der Waals surface area (Å²) in [6, 6.07) is 2.81. The largest absolute Gasteiger partial charge is 0.392 e. The van der Waals surface area contributed by atoms with Crippen molar-refractivity contribution in [1.29, 1.82) is 0 Å². The molecule has 1 aromatic heterocycles. The Balaban J connectivity index is 1.58. The summed E-state index contributed by atoms with van der Waals surface area (Å²) in [4.78, 5) is 4.31. The molecule has 1 saturated heterocycles. The first-order valence-electron chi connectivity index (χ1n) is 9.30. The normalized spacial score (nSPS) is 27.7. The number of β-amino-alcohol motifs (C(OH)–C–C–N with tert-alkyl or cyclic N) is 1. The molecule has 1 aromatic carbocycles. The van der Waals surface area contributed by atoms with Gasteiger partial charge in [0.15, 0.2) is 0 Å². The number of aliphatic hydroxyl groups excluding tert-OH is 1. The molecule has 0 radical (unpaired) electrons.